The first kappa shape index (κ1) is 9.79. The van der Waals surface area contributed by atoms with Crippen LogP contribution in [0.1, 0.15) is 19.8 Å². The molecule has 0 spiro atoms. The topological polar surface area (TPSA) is 0 Å². The van der Waals surface area contributed by atoms with Gasteiger partial charge in [0.05, 0.1) is 4.32 Å². The summed E-state index contributed by atoms with van der Waals surface area (Å²) in [6, 6.07) is 0. The van der Waals surface area contributed by atoms with E-state index < -0.39 is 0 Å². The molecule has 0 radical (unpaired) electrons. The van der Waals surface area contributed by atoms with Gasteiger partial charge in [0, 0.05) is 0 Å². The first-order chi connectivity index (χ1) is 5.73. The summed E-state index contributed by atoms with van der Waals surface area (Å²) in [7, 11) is 0. The largest absolute Gasteiger partial charge is 0.103 e. The van der Waals surface area contributed by atoms with Crippen LogP contribution in [-0.4, -0.2) is 4.32 Å². The molecule has 1 heteroatoms. The lowest BCUT2D eigenvalue weighted by Gasteiger charge is -2.31. The van der Waals surface area contributed by atoms with E-state index in [0.717, 1.165) is 6.42 Å². The molecule has 0 aromatic rings. The number of hydrogen-bond acceptors (Lipinski definition) is 0. The zero-order chi connectivity index (χ0) is 9.03. The summed E-state index contributed by atoms with van der Waals surface area (Å²) in [5.74, 6) is 0.598. The molecule has 0 bridgehead atoms. The van der Waals surface area contributed by atoms with Gasteiger partial charge in [-0.3, -0.25) is 0 Å². The number of hydrogen-bond donors (Lipinski definition) is 0. The summed E-state index contributed by atoms with van der Waals surface area (Å²) in [4.78, 5) is 0. The van der Waals surface area contributed by atoms with E-state index in [2.05, 4.69) is 53.7 Å². The number of halogens is 1. The number of allylic oxidation sites excluding steroid dienone is 5. The van der Waals surface area contributed by atoms with Crippen LogP contribution in [-0.2, 0) is 0 Å². The van der Waals surface area contributed by atoms with E-state index in [0.29, 0.717) is 5.92 Å². The Balaban J connectivity index is 2.78. The van der Waals surface area contributed by atoms with Crippen molar-refractivity contribution in [3.63, 3.8) is 0 Å². The molecule has 0 fully saturated rings. The van der Waals surface area contributed by atoms with E-state index in [1.54, 1.807) is 0 Å². The van der Waals surface area contributed by atoms with Crippen molar-refractivity contribution in [2.75, 3.05) is 0 Å². The van der Waals surface area contributed by atoms with Crippen LogP contribution in [0.2, 0.25) is 0 Å². The van der Waals surface area contributed by atoms with E-state index in [1.165, 1.54) is 6.42 Å². The Labute approximate surface area is 83.2 Å². The standard InChI is InChI=1S/C11H15Br/c1-3-8-11(12)9-6-5-7-10(11)4-2/h3,5-7,9-10H,1,4,8H2,2H3/t10?,11-/m0/s1. The van der Waals surface area contributed by atoms with E-state index in [9.17, 15) is 0 Å². The second-order valence-corrected chi connectivity index (χ2v) is 4.65. The van der Waals surface area contributed by atoms with Gasteiger partial charge in [-0.2, -0.15) is 0 Å². The fraction of sp³-hybridized carbons (Fsp3) is 0.455. The maximum absolute atomic E-state index is 3.78. The van der Waals surface area contributed by atoms with Gasteiger partial charge >= 0.3 is 0 Å². The van der Waals surface area contributed by atoms with Crippen molar-refractivity contribution in [1.82, 2.24) is 0 Å². The summed E-state index contributed by atoms with van der Waals surface area (Å²) in [5, 5.41) is 0. The summed E-state index contributed by atoms with van der Waals surface area (Å²) in [5.41, 5.74) is 0. The number of rotatable bonds is 3. The summed E-state index contributed by atoms with van der Waals surface area (Å²) in [6.07, 6.45) is 12.8. The molecule has 0 N–H and O–H groups in total. The van der Waals surface area contributed by atoms with Crippen molar-refractivity contribution in [3.05, 3.63) is 37.0 Å². The smallest absolute Gasteiger partial charge is 0.0536 e. The van der Waals surface area contributed by atoms with Crippen molar-refractivity contribution in [1.29, 1.82) is 0 Å². The molecule has 66 valence electrons. The van der Waals surface area contributed by atoms with Crippen molar-refractivity contribution in [2.45, 2.75) is 24.1 Å². The molecule has 0 aromatic heterocycles. The van der Waals surface area contributed by atoms with E-state index in [1.807, 2.05) is 6.08 Å². The fourth-order valence-electron chi connectivity index (χ4n) is 1.61. The molecule has 0 saturated heterocycles. The highest BCUT2D eigenvalue weighted by molar-refractivity contribution is 9.10. The first-order valence-electron chi connectivity index (χ1n) is 4.39. The predicted molar refractivity (Wildman–Crippen MR) is 58.5 cm³/mol. The van der Waals surface area contributed by atoms with Gasteiger partial charge in [0.15, 0.2) is 0 Å². The van der Waals surface area contributed by atoms with Crippen LogP contribution in [0.15, 0.2) is 37.0 Å². The summed E-state index contributed by atoms with van der Waals surface area (Å²) in [6.45, 7) is 6.00. The predicted octanol–water partition coefficient (Wildman–Crippen LogP) is 3.85. The van der Waals surface area contributed by atoms with E-state index >= 15 is 0 Å². The van der Waals surface area contributed by atoms with Gasteiger partial charge in [0.2, 0.25) is 0 Å². The van der Waals surface area contributed by atoms with Crippen molar-refractivity contribution >= 4 is 15.9 Å². The van der Waals surface area contributed by atoms with Gasteiger partial charge < -0.3 is 0 Å². The molecule has 0 amide bonds. The lowest BCUT2D eigenvalue weighted by molar-refractivity contribution is 0.513. The Morgan fingerprint density at radius 3 is 2.92 bits per heavy atom. The molecular weight excluding hydrogens is 212 g/mol. The van der Waals surface area contributed by atoms with Gasteiger partial charge in [0.25, 0.3) is 0 Å². The Morgan fingerprint density at radius 1 is 1.58 bits per heavy atom. The van der Waals surface area contributed by atoms with Gasteiger partial charge in [-0.25, -0.2) is 0 Å². The average Bonchev–Trinajstić information content (AvgIpc) is 2.05. The fourth-order valence-corrected chi connectivity index (χ4v) is 2.47. The van der Waals surface area contributed by atoms with Gasteiger partial charge in [-0.05, 0) is 18.8 Å². The van der Waals surface area contributed by atoms with Crippen LogP contribution in [0, 0.1) is 5.92 Å². The second kappa shape index (κ2) is 4.08. The van der Waals surface area contributed by atoms with Crippen LogP contribution >= 0.6 is 15.9 Å². The molecule has 1 unspecified atom stereocenters. The lowest BCUT2D eigenvalue weighted by atomic mass is 9.84. The van der Waals surface area contributed by atoms with Crippen LogP contribution in [0.25, 0.3) is 0 Å². The monoisotopic (exact) mass is 226 g/mol. The molecule has 0 aliphatic heterocycles. The van der Waals surface area contributed by atoms with Gasteiger partial charge in [-0.1, -0.05) is 53.2 Å². The molecule has 1 rings (SSSR count). The number of alkyl halides is 1. The van der Waals surface area contributed by atoms with Crippen LogP contribution in [0.5, 0.6) is 0 Å². The second-order valence-electron chi connectivity index (χ2n) is 3.18. The molecule has 0 saturated carbocycles. The van der Waals surface area contributed by atoms with Gasteiger partial charge in [0.1, 0.15) is 0 Å². The third kappa shape index (κ3) is 1.89. The molecule has 1 aliphatic rings. The maximum Gasteiger partial charge on any atom is 0.0536 e. The first-order valence-corrected chi connectivity index (χ1v) is 5.18. The van der Waals surface area contributed by atoms with Crippen LogP contribution < -0.4 is 0 Å². The third-order valence-electron chi connectivity index (χ3n) is 2.34. The quantitative estimate of drug-likeness (QED) is 0.507. The normalized spacial score (nSPS) is 33.7. The van der Waals surface area contributed by atoms with Crippen LogP contribution in [0.4, 0.5) is 0 Å². The molecular formula is C11H15Br. The summed E-state index contributed by atoms with van der Waals surface area (Å²) < 4.78 is 0.123. The summed E-state index contributed by atoms with van der Waals surface area (Å²) >= 11 is 3.77. The Morgan fingerprint density at radius 2 is 2.33 bits per heavy atom. The highest BCUT2D eigenvalue weighted by Crippen LogP contribution is 2.38. The highest BCUT2D eigenvalue weighted by Gasteiger charge is 2.30. The zero-order valence-electron chi connectivity index (χ0n) is 7.46. The van der Waals surface area contributed by atoms with Crippen LogP contribution in [0.3, 0.4) is 0 Å². The molecule has 0 aromatic carbocycles. The highest BCUT2D eigenvalue weighted by atomic mass is 79.9. The maximum atomic E-state index is 3.78. The zero-order valence-corrected chi connectivity index (χ0v) is 9.05. The molecule has 0 nitrogen and oxygen atoms in total. The molecule has 0 heterocycles. The molecule has 1 aliphatic carbocycles. The SMILES string of the molecule is C=CC[C@]1(Br)C=CC=CC1CC. The Bertz CT molecular complexity index is 215. The molecule has 2 atom stereocenters. The van der Waals surface area contributed by atoms with Crippen molar-refractivity contribution in [2.24, 2.45) is 5.92 Å². The van der Waals surface area contributed by atoms with Gasteiger partial charge in [-0.15, -0.1) is 6.58 Å². The Kier molecular flexibility index (Phi) is 3.33. The Hall–Kier alpha value is -0.300. The minimum absolute atomic E-state index is 0.123. The van der Waals surface area contributed by atoms with E-state index in [-0.39, 0.29) is 4.32 Å². The minimum Gasteiger partial charge on any atom is -0.103 e. The van der Waals surface area contributed by atoms with E-state index in [4.69, 9.17) is 0 Å². The van der Waals surface area contributed by atoms with Crippen molar-refractivity contribution < 1.29 is 0 Å². The third-order valence-corrected chi connectivity index (χ3v) is 3.52. The lowest BCUT2D eigenvalue weighted by Crippen LogP contribution is -2.28. The molecule has 12 heavy (non-hydrogen) atoms. The average molecular weight is 227 g/mol. The van der Waals surface area contributed by atoms with Crippen molar-refractivity contribution in [3.8, 4) is 0 Å². The minimum atomic E-state index is 0.123.